The molecular formula is C17H17ClN2O3. The van der Waals surface area contributed by atoms with Gasteiger partial charge in [0.25, 0.3) is 5.91 Å². The zero-order valence-electron chi connectivity index (χ0n) is 12.6. The van der Waals surface area contributed by atoms with Crippen LogP contribution in [0.3, 0.4) is 0 Å². The molecule has 0 saturated heterocycles. The molecular weight excluding hydrogens is 316 g/mol. The number of hydrogen-bond donors (Lipinski definition) is 2. The minimum atomic E-state index is -0.987. The second-order valence-corrected chi connectivity index (χ2v) is 5.09. The molecule has 23 heavy (non-hydrogen) atoms. The summed E-state index contributed by atoms with van der Waals surface area (Å²) >= 11 is 6.08. The zero-order valence-corrected chi connectivity index (χ0v) is 13.3. The molecule has 0 bridgehead atoms. The summed E-state index contributed by atoms with van der Waals surface area (Å²) in [4.78, 5) is 24.0. The number of carbonyl (C=O) groups is 2. The van der Waals surface area contributed by atoms with E-state index in [0.29, 0.717) is 22.9 Å². The molecule has 5 nitrogen and oxygen atoms in total. The van der Waals surface area contributed by atoms with Crippen molar-refractivity contribution in [2.24, 2.45) is 0 Å². The topological polar surface area (TPSA) is 67.4 Å². The molecule has 0 aliphatic carbocycles. The van der Waals surface area contributed by atoms with E-state index < -0.39 is 18.0 Å². The molecule has 0 radical (unpaired) electrons. The van der Waals surface area contributed by atoms with Gasteiger partial charge < -0.3 is 10.1 Å². The van der Waals surface area contributed by atoms with Gasteiger partial charge >= 0.3 is 6.03 Å². The molecule has 2 aromatic carbocycles. The highest BCUT2D eigenvalue weighted by Crippen LogP contribution is 2.28. The molecule has 2 aromatic rings. The van der Waals surface area contributed by atoms with Crippen molar-refractivity contribution in [2.75, 3.05) is 6.54 Å². The zero-order chi connectivity index (χ0) is 16.7. The van der Waals surface area contributed by atoms with E-state index in [1.165, 1.54) is 0 Å². The van der Waals surface area contributed by atoms with Gasteiger partial charge in [-0.05, 0) is 19.1 Å². The number of nitrogens with one attached hydrogen (secondary N) is 2. The van der Waals surface area contributed by atoms with Crippen molar-refractivity contribution >= 4 is 23.5 Å². The number of benzene rings is 2. The van der Waals surface area contributed by atoms with Crippen molar-refractivity contribution < 1.29 is 14.3 Å². The third kappa shape index (κ3) is 4.72. The first kappa shape index (κ1) is 16.8. The van der Waals surface area contributed by atoms with Crippen LogP contribution >= 0.6 is 11.6 Å². The molecule has 2 N–H and O–H groups in total. The van der Waals surface area contributed by atoms with Crippen LogP contribution < -0.4 is 15.4 Å². The molecule has 0 heterocycles. The van der Waals surface area contributed by atoms with Gasteiger partial charge in [0.1, 0.15) is 5.75 Å². The van der Waals surface area contributed by atoms with Crippen LogP contribution in [0.4, 0.5) is 4.79 Å². The van der Waals surface area contributed by atoms with Crippen molar-refractivity contribution in [3.8, 4) is 5.75 Å². The van der Waals surface area contributed by atoms with Gasteiger partial charge in [-0.15, -0.1) is 0 Å². The van der Waals surface area contributed by atoms with E-state index in [9.17, 15) is 9.59 Å². The molecule has 0 aromatic heterocycles. The number of para-hydroxylation sites is 1. The second kappa shape index (κ2) is 8.19. The lowest BCUT2D eigenvalue weighted by atomic mass is 10.1. The molecule has 0 saturated carbocycles. The van der Waals surface area contributed by atoms with E-state index in [2.05, 4.69) is 10.6 Å². The van der Waals surface area contributed by atoms with E-state index in [0.717, 1.165) is 0 Å². The Labute approximate surface area is 139 Å². The van der Waals surface area contributed by atoms with Crippen LogP contribution in [0.1, 0.15) is 18.6 Å². The average molecular weight is 333 g/mol. The maximum atomic E-state index is 12.4. The highest BCUT2D eigenvalue weighted by atomic mass is 35.5. The number of hydrogen-bond acceptors (Lipinski definition) is 3. The molecule has 6 heteroatoms. The fourth-order valence-electron chi connectivity index (χ4n) is 1.95. The fourth-order valence-corrected chi connectivity index (χ4v) is 2.13. The fraction of sp³-hybridized carbons (Fsp3) is 0.176. The lowest BCUT2D eigenvalue weighted by molar-refractivity contribution is -0.127. The van der Waals surface area contributed by atoms with Gasteiger partial charge in [0, 0.05) is 12.1 Å². The Morgan fingerprint density at radius 2 is 1.74 bits per heavy atom. The Hall–Kier alpha value is -2.53. The number of urea groups is 1. The summed E-state index contributed by atoms with van der Waals surface area (Å²) in [6, 6.07) is 15.2. The van der Waals surface area contributed by atoms with Crippen LogP contribution in [0, 0.1) is 0 Å². The minimum Gasteiger partial charge on any atom is -0.474 e. The second-order valence-electron chi connectivity index (χ2n) is 4.69. The van der Waals surface area contributed by atoms with E-state index in [1.807, 2.05) is 6.07 Å². The van der Waals surface area contributed by atoms with Crippen LogP contribution in [0.25, 0.3) is 0 Å². The predicted octanol–water partition coefficient (Wildman–Crippen LogP) is 3.31. The molecule has 1 atom stereocenters. The summed E-state index contributed by atoms with van der Waals surface area (Å²) in [6.07, 6.45) is -0.987. The molecule has 0 fully saturated rings. The van der Waals surface area contributed by atoms with Crippen molar-refractivity contribution in [3.05, 3.63) is 65.2 Å². The standard InChI is InChI=1S/C17H17ClN2O3/c1-2-19-17(22)20-16(21)15(12-8-4-3-5-9-12)23-14-11-7-6-10-13(14)18/h3-11,15H,2H2,1H3,(H2,19,20,21,22)/t15-/m0/s1. The highest BCUT2D eigenvalue weighted by Gasteiger charge is 2.25. The van der Waals surface area contributed by atoms with Crippen LogP contribution in [0.2, 0.25) is 5.02 Å². The number of imide groups is 1. The molecule has 0 spiro atoms. The van der Waals surface area contributed by atoms with Crippen LogP contribution in [-0.2, 0) is 4.79 Å². The SMILES string of the molecule is CCNC(=O)NC(=O)[C@@H](Oc1ccccc1Cl)c1ccccc1. The smallest absolute Gasteiger partial charge is 0.321 e. The van der Waals surface area contributed by atoms with Gasteiger partial charge in [-0.2, -0.15) is 0 Å². The number of rotatable bonds is 5. The highest BCUT2D eigenvalue weighted by molar-refractivity contribution is 6.32. The lowest BCUT2D eigenvalue weighted by Crippen LogP contribution is -2.42. The normalized spacial score (nSPS) is 11.4. The summed E-state index contributed by atoms with van der Waals surface area (Å²) in [5, 5.41) is 5.16. The van der Waals surface area contributed by atoms with Gasteiger partial charge in [-0.3, -0.25) is 10.1 Å². The van der Waals surface area contributed by atoms with Crippen LogP contribution in [0.15, 0.2) is 54.6 Å². The maximum absolute atomic E-state index is 12.4. The Balaban J connectivity index is 2.24. The van der Waals surface area contributed by atoms with Crippen LogP contribution in [-0.4, -0.2) is 18.5 Å². The van der Waals surface area contributed by atoms with E-state index in [-0.39, 0.29) is 0 Å². The molecule has 0 aliphatic heterocycles. The molecule has 0 aliphatic rings. The molecule has 0 unspecified atom stereocenters. The largest absolute Gasteiger partial charge is 0.474 e. The third-order valence-electron chi connectivity index (χ3n) is 3.00. The van der Waals surface area contributed by atoms with E-state index in [4.69, 9.17) is 16.3 Å². The van der Waals surface area contributed by atoms with Gasteiger partial charge in [0.05, 0.1) is 5.02 Å². The Kier molecular flexibility index (Phi) is 6.00. The third-order valence-corrected chi connectivity index (χ3v) is 3.31. The Bertz CT molecular complexity index is 677. The van der Waals surface area contributed by atoms with Gasteiger partial charge in [0.15, 0.2) is 0 Å². The maximum Gasteiger partial charge on any atom is 0.321 e. The summed E-state index contributed by atoms with van der Waals surface area (Å²) in [6.45, 7) is 2.18. The number of halogens is 1. The number of carbonyl (C=O) groups excluding carboxylic acids is 2. The molecule has 3 amide bonds. The van der Waals surface area contributed by atoms with E-state index >= 15 is 0 Å². The Morgan fingerprint density at radius 3 is 2.39 bits per heavy atom. The van der Waals surface area contributed by atoms with Crippen molar-refractivity contribution in [2.45, 2.75) is 13.0 Å². The Morgan fingerprint density at radius 1 is 1.09 bits per heavy atom. The monoisotopic (exact) mass is 332 g/mol. The van der Waals surface area contributed by atoms with Crippen molar-refractivity contribution in [3.63, 3.8) is 0 Å². The first-order valence-electron chi connectivity index (χ1n) is 7.16. The summed E-state index contributed by atoms with van der Waals surface area (Å²) in [7, 11) is 0. The predicted molar refractivity (Wildman–Crippen MR) is 88.5 cm³/mol. The lowest BCUT2D eigenvalue weighted by Gasteiger charge is -2.19. The molecule has 120 valence electrons. The molecule has 2 rings (SSSR count). The number of ether oxygens (including phenoxy) is 1. The summed E-state index contributed by atoms with van der Waals surface area (Å²) in [5.74, 6) is -0.198. The first-order chi connectivity index (χ1) is 11.1. The van der Waals surface area contributed by atoms with Gasteiger partial charge in [-0.25, -0.2) is 4.79 Å². The van der Waals surface area contributed by atoms with E-state index in [1.54, 1.807) is 55.5 Å². The average Bonchev–Trinajstić information content (AvgIpc) is 2.55. The summed E-state index contributed by atoms with van der Waals surface area (Å²) < 4.78 is 5.75. The van der Waals surface area contributed by atoms with Crippen molar-refractivity contribution in [1.82, 2.24) is 10.6 Å². The first-order valence-corrected chi connectivity index (χ1v) is 7.54. The van der Waals surface area contributed by atoms with Crippen molar-refractivity contribution in [1.29, 1.82) is 0 Å². The minimum absolute atomic E-state index is 0.370. The quantitative estimate of drug-likeness (QED) is 0.882. The summed E-state index contributed by atoms with van der Waals surface area (Å²) in [5.41, 5.74) is 0.620. The van der Waals surface area contributed by atoms with Gasteiger partial charge in [-0.1, -0.05) is 54.1 Å². The van der Waals surface area contributed by atoms with Gasteiger partial charge in [0.2, 0.25) is 6.10 Å². The number of amides is 3. The van der Waals surface area contributed by atoms with Crippen LogP contribution in [0.5, 0.6) is 5.75 Å².